The molecule has 2 aromatic heterocycles. The van der Waals surface area contributed by atoms with Crippen LogP contribution < -0.4 is 16.6 Å². The Labute approximate surface area is 108 Å². The number of amides is 1. The number of nitrogens with zero attached hydrogens (tertiary/aromatic N) is 3. The van der Waals surface area contributed by atoms with Crippen molar-refractivity contribution in [1.29, 1.82) is 0 Å². The van der Waals surface area contributed by atoms with Gasteiger partial charge >= 0.3 is 5.69 Å². The summed E-state index contributed by atoms with van der Waals surface area (Å²) < 4.78 is 2.26. The summed E-state index contributed by atoms with van der Waals surface area (Å²) in [5.41, 5.74) is -0.513. The van der Waals surface area contributed by atoms with Crippen LogP contribution in [-0.4, -0.2) is 26.6 Å². The first-order valence-corrected chi connectivity index (χ1v) is 5.82. The summed E-state index contributed by atoms with van der Waals surface area (Å²) in [7, 11) is 2.92. The Morgan fingerprint density at radius 2 is 1.95 bits per heavy atom. The molecule has 7 heteroatoms. The molecule has 1 N–H and O–H groups in total. The number of pyridine rings is 1. The lowest BCUT2D eigenvalue weighted by atomic mass is 10.2. The maximum absolute atomic E-state index is 11.9. The quantitative estimate of drug-likeness (QED) is 0.781. The highest BCUT2D eigenvalue weighted by Crippen LogP contribution is 2.06. The average molecular weight is 262 g/mol. The zero-order valence-electron chi connectivity index (χ0n) is 10.9. The summed E-state index contributed by atoms with van der Waals surface area (Å²) in [5, 5.41) is 2.92. The fraction of sp³-hybridized carbons (Fsp3) is 0.333. The number of nitrogens with one attached hydrogen (secondary N) is 1. The summed E-state index contributed by atoms with van der Waals surface area (Å²) in [6.45, 7) is 2.28. The van der Waals surface area contributed by atoms with Crippen molar-refractivity contribution in [1.82, 2.24) is 19.4 Å². The number of rotatable bonds is 2. The smallest absolute Gasteiger partial charge is 0.332 e. The Kier molecular flexibility index (Phi) is 3.20. The van der Waals surface area contributed by atoms with Crippen LogP contribution in [0.3, 0.4) is 0 Å². The van der Waals surface area contributed by atoms with Crippen molar-refractivity contribution in [3.05, 3.63) is 38.7 Å². The van der Waals surface area contributed by atoms with E-state index in [-0.39, 0.29) is 17.2 Å². The second-order valence-electron chi connectivity index (χ2n) is 4.13. The first kappa shape index (κ1) is 13.0. The normalized spacial score (nSPS) is 10.7. The number of aryl methyl sites for hydroxylation is 1. The SMILES string of the molecule is CCNC(=O)c1ccc2c(=O)n(C)c(=O)n(C)c2n1. The number of carbonyl (C=O) groups excluding carboxylic acids is 1. The molecular weight excluding hydrogens is 248 g/mol. The van der Waals surface area contributed by atoms with Crippen molar-refractivity contribution in [2.24, 2.45) is 14.1 Å². The molecule has 2 aromatic rings. The molecule has 0 saturated carbocycles. The minimum atomic E-state index is -0.474. The van der Waals surface area contributed by atoms with E-state index in [1.54, 1.807) is 6.92 Å². The molecule has 0 radical (unpaired) electrons. The molecule has 0 spiro atoms. The van der Waals surface area contributed by atoms with Gasteiger partial charge in [0.05, 0.1) is 5.39 Å². The van der Waals surface area contributed by atoms with Gasteiger partial charge in [-0.2, -0.15) is 0 Å². The van der Waals surface area contributed by atoms with Crippen molar-refractivity contribution in [2.45, 2.75) is 6.92 Å². The van der Waals surface area contributed by atoms with E-state index in [1.165, 1.54) is 30.8 Å². The van der Waals surface area contributed by atoms with E-state index in [0.717, 1.165) is 4.57 Å². The van der Waals surface area contributed by atoms with Crippen molar-refractivity contribution >= 4 is 16.9 Å². The monoisotopic (exact) mass is 262 g/mol. The zero-order chi connectivity index (χ0) is 14.2. The van der Waals surface area contributed by atoms with E-state index in [4.69, 9.17) is 0 Å². The fourth-order valence-electron chi connectivity index (χ4n) is 1.83. The highest BCUT2D eigenvalue weighted by Gasteiger charge is 2.13. The third-order valence-corrected chi connectivity index (χ3v) is 2.87. The van der Waals surface area contributed by atoms with Crippen LogP contribution in [-0.2, 0) is 14.1 Å². The second kappa shape index (κ2) is 4.68. The Hall–Kier alpha value is -2.44. The molecule has 0 unspecified atom stereocenters. The molecule has 2 heterocycles. The van der Waals surface area contributed by atoms with E-state index >= 15 is 0 Å². The van der Waals surface area contributed by atoms with Gasteiger partial charge in [0, 0.05) is 20.6 Å². The molecule has 0 aliphatic heterocycles. The molecular formula is C12H14N4O3. The molecule has 0 saturated heterocycles. The van der Waals surface area contributed by atoms with Gasteiger partial charge in [-0.15, -0.1) is 0 Å². The maximum atomic E-state index is 11.9. The highest BCUT2D eigenvalue weighted by molar-refractivity contribution is 5.94. The molecule has 0 atom stereocenters. The second-order valence-corrected chi connectivity index (χ2v) is 4.13. The topological polar surface area (TPSA) is 86.0 Å². The predicted molar refractivity (Wildman–Crippen MR) is 70.2 cm³/mol. The summed E-state index contributed by atoms with van der Waals surface area (Å²) in [5.74, 6) is -0.336. The number of fused-ring (bicyclic) bond motifs is 1. The molecule has 0 bridgehead atoms. The molecule has 0 aliphatic rings. The van der Waals surface area contributed by atoms with Gasteiger partial charge in [-0.3, -0.25) is 18.7 Å². The lowest BCUT2D eigenvalue weighted by Crippen LogP contribution is -2.37. The largest absolute Gasteiger partial charge is 0.351 e. The van der Waals surface area contributed by atoms with E-state index in [0.29, 0.717) is 11.9 Å². The molecule has 7 nitrogen and oxygen atoms in total. The Bertz CT molecular complexity index is 773. The van der Waals surface area contributed by atoms with Crippen molar-refractivity contribution in [3.63, 3.8) is 0 Å². The van der Waals surface area contributed by atoms with Gasteiger partial charge in [-0.1, -0.05) is 0 Å². The Morgan fingerprint density at radius 1 is 1.26 bits per heavy atom. The minimum Gasteiger partial charge on any atom is -0.351 e. The van der Waals surface area contributed by atoms with Crippen LogP contribution in [0.15, 0.2) is 21.7 Å². The maximum Gasteiger partial charge on any atom is 0.332 e. The number of hydrogen-bond acceptors (Lipinski definition) is 4. The third-order valence-electron chi connectivity index (χ3n) is 2.87. The Balaban J connectivity index is 2.77. The van der Waals surface area contributed by atoms with Gasteiger partial charge in [0.2, 0.25) is 0 Å². The van der Waals surface area contributed by atoms with Crippen LogP contribution in [0, 0.1) is 0 Å². The summed E-state index contributed by atoms with van der Waals surface area (Å²) in [6.07, 6.45) is 0. The fourth-order valence-corrected chi connectivity index (χ4v) is 1.83. The lowest BCUT2D eigenvalue weighted by Gasteiger charge is -2.08. The first-order valence-electron chi connectivity index (χ1n) is 5.82. The summed E-state index contributed by atoms with van der Waals surface area (Å²) in [6, 6.07) is 2.98. The van der Waals surface area contributed by atoms with Crippen molar-refractivity contribution in [2.75, 3.05) is 6.54 Å². The van der Waals surface area contributed by atoms with Crippen molar-refractivity contribution < 1.29 is 4.79 Å². The zero-order valence-corrected chi connectivity index (χ0v) is 10.9. The molecule has 2 rings (SSSR count). The highest BCUT2D eigenvalue weighted by atomic mass is 16.2. The molecule has 19 heavy (non-hydrogen) atoms. The number of aromatic nitrogens is 3. The predicted octanol–water partition coefficient (Wildman–Crippen LogP) is -0.618. The van der Waals surface area contributed by atoms with Crippen LogP contribution in [0.1, 0.15) is 17.4 Å². The summed E-state index contributed by atoms with van der Waals surface area (Å²) >= 11 is 0. The van der Waals surface area contributed by atoms with E-state index < -0.39 is 11.2 Å². The molecule has 1 amide bonds. The molecule has 0 aliphatic carbocycles. The van der Waals surface area contributed by atoms with E-state index in [9.17, 15) is 14.4 Å². The average Bonchev–Trinajstić information content (AvgIpc) is 2.42. The van der Waals surface area contributed by atoms with Crippen LogP contribution in [0.4, 0.5) is 0 Å². The first-order chi connectivity index (χ1) is 8.97. The standard InChI is InChI=1S/C12H14N4O3/c1-4-13-10(17)8-6-5-7-9(14-8)15(2)12(19)16(3)11(7)18/h5-6H,4H2,1-3H3,(H,13,17). The molecule has 100 valence electrons. The Morgan fingerprint density at radius 3 is 2.58 bits per heavy atom. The van der Waals surface area contributed by atoms with Gasteiger partial charge in [0.1, 0.15) is 11.3 Å². The van der Waals surface area contributed by atoms with Crippen molar-refractivity contribution in [3.8, 4) is 0 Å². The van der Waals surface area contributed by atoms with Crippen LogP contribution in [0.5, 0.6) is 0 Å². The number of carbonyl (C=O) groups is 1. The molecule has 0 aromatic carbocycles. The summed E-state index contributed by atoms with van der Waals surface area (Å²) in [4.78, 5) is 39.5. The van der Waals surface area contributed by atoms with Crippen LogP contribution in [0.2, 0.25) is 0 Å². The van der Waals surface area contributed by atoms with Gasteiger partial charge in [0.15, 0.2) is 0 Å². The lowest BCUT2D eigenvalue weighted by molar-refractivity contribution is 0.0951. The van der Waals surface area contributed by atoms with Gasteiger partial charge < -0.3 is 5.32 Å². The third kappa shape index (κ3) is 2.03. The minimum absolute atomic E-state index is 0.178. The van der Waals surface area contributed by atoms with Gasteiger partial charge in [-0.05, 0) is 19.1 Å². The van der Waals surface area contributed by atoms with E-state index in [2.05, 4.69) is 10.3 Å². The van der Waals surface area contributed by atoms with Crippen LogP contribution in [0.25, 0.3) is 11.0 Å². The number of hydrogen-bond donors (Lipinski definition) is 1. The van der Waals surface area contributed by atoms with Crippen LogP contribution >= 0.6 is 0 Å². The molecule has 0 fully saturated rings. The van der Waals surface area contributed by atoms with Gasteiger partial charge in [-0.25, -0.2) is 9.78 Å². The van der Waals surface area contributed by atoms with E-state index in [1.807, 2.05) is 0 Å². The van der Waals surface area contributed by atoms with Gasteiger partial charge in [0.25, 0.3) is 11.5 Å².